The van der Waals surface area contributed by atoms with Gasteiger partial charge in [0, 0.05) is 12.0 Å². The molecule has 0 bridgehead atoms. The van der Waals surface area contributed by atoms with Gasteiger partial charge in [-0.3, -0.25) is 14.4 Å². The zero-order chi connectivity index (χ0) is 27.6. The van der Waals surface area contributed by atoms with E-state index >= 15 is 0 Å². The van der Waals surface area contributed by atoms with E-state index in [0.29, 0.717) is 35.0 Å². The van der Waals surface area contributed by atoms with E-state index in [2.05, 4.69) is 37.0 Å². The molecule has 3 N–H and O–H groups in total. The summed E-state index contributed by atoms with van der Waals surface area (Å²) in [5.41, 5.74) is 3.44. The number of nitrogens with two attached hydrogens (primary N) is 1. The van der Waals surface area contributed by atoms with E-state index < -0.39 is 10.0 Å². The number of hydrogen-bond donors (Lipinski definition) is 2. The average molecular weight is 538 g/mol. The standard InChI is InChI=1S/C25H31N9O3S/c1-6-14(2)34-24-19(12-29-22(33-24)20-16(4)30-13-31-21(20)17-8-9-17)32-23(25(34)35)28-11-18(27-5)10-7-15(3)38(26,36)37/h7,10,12-14,17H,5-6,8-9,11H2,1-4H3,(H,28,32)(H2,26,36,37)/b15-7+,18-10-/t14-/m0/s1. The number of allylic oxidation sites excluding steroid dienone is 3. The zero-order valence-corrected chi connectivity index (χ0v) is 22.7. The fourth-order valence-corrected chi connectivity index (χ4v) is 4.17. The molecule has 0 amide bonds. The average Bonchev–Trinajstić information content (AvgIpc) is 3.73. The second kappa shape index (κ2) is 10.9. The molecule has 0 unspecified atom stereocenters. The number of anilines is 1. The van der Waals surface area contributed by atoms with Crippen molar-refractivity contribution in [1.82, 2.24) is 29.5 Å². The number of hydrogen-bond acceptors (Lipinski definition) is 10. The smallest absolute Gasteiger partial charge is 0.295 e. The number of nitrogens with one attached hydrogen (secondary N) is 1. The van der Waals surface area contributed by atoms with E-state index in [4.69, 9.17) is 10.1 Å². The Labute approximate surface area is 220 Å². The van der Waals surface area contributed by atoms with Crippen LogP contribution in [0, 0.1) is 6.92 Å². The fourth-order valence-electron chi connectivity index (χ4n) is 3.91. The predicted molar refractivity (Wildman–Crippen MR) is 147 cm³/mol. The lowest BCUT2D eigenvalue weighted by Gasteiger charge is -2.18. The number of primary sulfonamides is 1. The largest absolute Gasteiger partial charge is 0.360 e. The molecule has 200 valence electrons. The van der Waals surface area contributed by atoms with Crippen molar-refractivity contribution in [2.24, 2.45) is 10.1 Å². The lowest BCUT2D eigenvalue weighted by Crippen LogP contribution is -2.29. The zero-order valence-electron chi connectivity index (χ0n) is 21.8. The first-order valence-electron chi connectivity index (χ1n) is 12.3. The SMILES string of the molecule is C=N/C(=C\C=C(/C)S(N)(=O)=O)CNc1nc2cnc(-c3c(C)ncnc3C3CC3)nc2n([C@@H](C)CC)c1=O. The van der Waals surface area contributed by atoms with Crippen molar-refractivity contribution in [2.45, 2.75) is 58.9 Å². The number of nitrogens with zero attached hydrogens (tertiary/aromatic N) is 7. The molecule has 13 heteroatoms. The number of aromatic nitrogens is 6. The van der Waals surface area contributed by atoms with Crippen LogP contribution in [0.3, 0.4) is 0 Å². The third kappa shape index (κ3) is 5.68. The van der Waals surface area contributed by atoms with Crippen molar-refractivity contribution in [1.29, 1.82) is 0 Å². The molecule has 0 aliphatic heterocycles. The molecule has 1 aliphatic carbocycles. The number of rotatable bonds is 10. The maximum Gasteiger partial charge on any atom is 0.295 e. The van der Waals surface area contributed by atoms with Crippen molar-refractivity contribution < 1.29 is 8.42 Å². The van der Waals surface area contributed by atoms with Crippen molar-refractivity contribution in [2.75, 3.05) is 11.9 Å². The molecular formula is C25H31N9O3S. The van der Waals surface area contributed by atoms with Crippen molar-refractivity contribution in [3.63, 3.8) is 0 Å². The van der Waals surface area contributed by atoms with Crippen molar-refractivity contribution >= 4 is 33.7 Å². The molecule has 12 nitrogen and oxygen atoms in total. The molecule has 0 radical (unpaired) electrons. The highest BCUT2D eigenvalue weighted by Gasteiger charge is 2.30. The number of sulfonamides is 1. The quantitative estimate of drug-likeness (QED) is 0.291. The highest BCUT2D eigenvalue weighted by atomic mass is 32.2. The van der Waals surface area contributed by atoms with Crippen molar-refractivity contribution in [3.05, 3.63) is 57.0 Å². The minimum atomic E-state index is -3.81. The van der Waals surface area contributed by atoms with Crippen LogP contribution in [-0.2, 0) is 10.0 Å². The van der Waals surface area contributed by atoms with Crippen LogP contribution in [0.15, 0.2) is 45.1 Å². The molecule has 4 rings (SSSR count). The summed E-state index contributed by atoms with van der Waals surface area (Å²) in [6.45, 7) is 10.8. The molecule has 1 atom stereocenters. The van der Waals surface area contributed by atoms with Gasteiger partial charge in [0.2, 0.25) is 10.0 Å². The fraction of sp³-hybridized carbons (Fsp3) is 0.400. The second-order valence-electron chi connectivity index (χ2n) is 9.28. The van der Waals surface area contributed by atoms with Gasteiger partial charge in [0.1, 0.15) is 11.8 Å². The summed E-state index contributed by atoms with van der Waals surface area (Å²) in [6.07, 6.45) is 8.78. The van der Waals surface area contributed by atoms with Gasteiger partial charge in [-0.25, -0.2) is 38.5 Å². The molecule has 3 heterocycles. The molecule has 1 saturated carbocycles. The summed E-state index contributed by atoms with van der Waals surface area (Å²) >= 11 is 0. The minimum Gasteiger partial charge on any atom is -0.360 e. The van der Waals surface area contributed by atoms with Crippen LogP contribution in [0.5, 0.6) is 0 Å². The van der Waals surface area contributed by atoms with Gasteiger partial charge >= 0.3 is 0 Å². The number of aliphatic imine (C=N–C) groups is 1. The summed E-state index contributed by atoms with van der Waals surface area (Å²) in [6, 6.07) is -0.166. The number of aryl methyl sites for hydroxylation is 1. The lowest BCUT2D eigenvalue weighted by molar-refractivity contribution is 0.527. The topological polar surface area (TPSA) is 171 Å². The second-order valence-corrected chi connectivity index (χ2v) is 11.0. The van der Waals surface area contributed by atoms with Crippen LogP contribution in [0.4, 0.5) is 5.82 Å². The molecule has 1 fully saturated rings. The Balaban J connectivity index is 1.76. The Morgan fingerprint density at radius 3 is 2.66 bits per heavy atom. The summed E-state index contributed by atoms with van der Waals surface area (Å²) in [4.78, 5) is 40.2. The van der Waals surface area contributed by atoms with Crippen LogP contribution < -0.4 is 16.0 Å². The molecule has 0 spiro atoms. The Morgan fingerprint density at radius 1 is 1.29 bits per heavy atom. The summed E-state index contributed by atoms with van der Waals surface area (Å²) in [7, 11) is -3.81. The summed E-state index contributed by atoms with van der Waals surface area (Å²) < 4.78 is 24.5. The van der Waals surface area contributed by atoms with E-state index in [1.54, 1.807) is 17.1 Å². The third-order valence-corrected chi connectivity index (χ3v) is 7.55. The molecule has 1 aliphatic rings. The number of fused-ring (bicyclic) bond motifs is 1. The van der Waals surface area contributed by atoms with Crippen molar-refractivity contribution in [3.8, 4) is 11.4 Å². The first kappa shape index (κ1) is 27.2. The Morgan fingerprint density at radius 2 is 2.03 bits per heavy atom. The van der Waals surface area contributed by atoms with Gasteiger partial charge in [0.15, 0.2) is 17.3 Å². The lowest BCUT2D eigenvalue weighted by atomic mass is 10.1. The van der Waals surface area contributed by atoms with Gasteiger partial charge in [0.25, 0.3) is 5.56 Å². The third-order valence-electron chi connectivity index (χ3n) is 6.52. The Bertz CT molecular complexity index is 1620. The van der Waals surface area contributed by atoms with Crippen LogP contribution in [0.2, 0.25) is 0 Å². The molecular weight excluding hydrogens is 506 g/mol. The summed E-state index contributed by atoms with van der Waals surface area (Å²) in [5, 5.41) is 8.12. The van der Waals surface area contributed by atoms with E-state index in [0.717, 1.165) is 29.8 Å². The minimum absolute atomic E-state index is 0.0292. The van der Waals surface area contributed by atoms with Gasteiger partial charge < -0.3 is 5.32 Å². The van der Waals surface area contributed by atoms with E-state index in [1.807, 2.05) is 20.8 Å². The molecule has 3 aromatic heterocycles. The van der Waals surface area contributed by atoms with Gasteiger partial charge in [0.05, 0.1) is 40.3 Å². The van der Waals surface area contributed by atoms with Crippen LogP contribution in [0.1, 0.15) is 63.4 Å². The van der Waals surface area contributed by atoms with Gasteiger partial charge in [-0.05, 0) is 58.9 Å². The van der Waals surface area contributed by atoms with E-state index in [9.17, 15) is 13.2 Å². The van der Waals surface area contributed by atoms with E-state index in [1.165, 1.54) is 19.1 Å². The van der Waals surface area contributed by atoms with Crippen LogP contribution in [-0.4, -0.2) is 51.2 Å². The highest BCUT2D eigenvalue weighted by molar-refractivity contribution is 7.93. The van der Waals surface area contributed by atoms with Gasteiger partial charge in [-0.2, -0.15) is 0 Å². The van der Waals surface area contributed by atoms with E-state index in [-0.39, 0.29) is 28.9 Å². The van der Waals surface area contributed by atoms with Gasteiger partial charge in [-0.1, -0.05) is 6.92 Å². The predicted octanol–water partition coefficient (Wildman–Crippen LogP) is 2.99. The highest BCUT2D eigenvalue weighted by Crippen LogP contribution is 2.43. The molecule has 0 aromatic carbocycles. The molecule has 3 aromatic rings. The first-order chi connectivity index (χ1) is 18.0. The summed E-state index contributed by atoms with van der Waals surface area (Å²) in [5.74, 6) is 0.931. The molecule has 0 saturated heterocycles. The normalized spacial score (nSPS) is 15.5. The Hall–Kier alpha value is -3.84. The Kier molecular flexibility index (Phi) is 7.78. The van der Waals surface area contributed by atoms with Crippen LogP contribution >= 0.6 is 0 Å². The van der Waals surface area contributed by atoms with Gasteiger partial charge in [-0.15, -0.1) is 0 Å². The van der Waals surface area contributed by atoms with Crippen LogP contribution in [0.25, 0.3) is 22.6 Å². The monoisotopic (exact) mass is 537 g/mol. The molecule has 38 heavy (non-hydrogen) atoms. The maximum atomic E-state index is 13.6. The maximum absolute atomic E-state index is 13.6. The first-order valence-corrected chi connectivity index (χ1v) is 13.8.